The summed E-state index contributed by atoms with van der Waals surface area (Å²) >= 11 is 0. The molecule has 306 valence electrons. The standard InChI is InChI=1S/C57H43N7/c1-5-13-37(14-6-1)51-59-52(38-15-7-2-8-16-38)62-55(61-51)42-22-24-49-48(31-42)47-23-21-41(32-50(47)57(49)45-26-35-25-36(28-45)29-46(57)27-35)43-30-44(34-58-33-43)56-63-53(39-17-9-3-10-18-39)60-54(64-56)40-19-11-4-12-20-40/h1-24,30-36,45-46H,25-29H2. The molecule has 9 aromatic rings. The number of pyridine rings is 1. The van der Waals surface area contributed by atoms with Crippen LogP contribution in [-0.4, -0.2) is 34.9 Å². The van der Waals surface area contributed by atoms with E-state index in [-0.39, 0.29) is 5.41 Å². The molecule has 5 aliphatic carbocycles. The van der Waals surface area contributed by atoms with Crippen molar-refractivity contribution in [2.75, 3.05) is 0 Å². The predicted molar refractivity (Wildman–Crippen MR) is 252 cm³/mol. The Bertz CT molecular complexity index is 3080. The van der Waals surface area contributed by atoms with E-state index >= 15 is 0 Å². The lowest BCUT2D eigenvalue weighted by atomic mass is 9.43. The van der Waals surface area contributed by atoms with Crippen LogP contribution in [0.5, 0.6) is 0 Å². The molecule has 14 rings (SSSR count). The Kier molecular flexibility index (Phi) is 8.58. The molecule has 4 fully saturated rings. The Morgan fingerprint density at radius 2 is 0.734 bits per heavy atom. The van der Waals surface area contributed by atoms with Crippen LogP contribution in [0.2, 0.25) is 0 Å². The molecule has 0 N–H and O–H groups in total. The van der Waals surface area contributed by atoms with Gasteiger partial charge in [-0.1, -0.05) is 146 Å². The summed E-state index contributed by atoms with van der Waals surface area (Å²) in [6.45, 7) is 0. The SMILES string of the molecule is c1ccc(-c2nc(-c3ccccc3)nc(-c3cncc(-c4ccc5c(c4)C4(c6ccc(-c7nc(-c8ccccc8)nc(-c8ccccc8)n7)cc6-5)C5CC6CC(C5)CC4C6)c3)n2)cc1. The summed E-state index contributed by atoms with van der Waals surface area (Å²) in [6, 6.07) is 57.2. The largest absolute Gasteiger partial charge is 0.263 e. The maximum absolute atomic E-state index is 5.15. The highest BCUT2D eigenvalue weighted by atomic mass is 15.0. The van der Waals surface area contributed by atoms with Gasteiger partial charge in [0.25, 0.3) is 0 Å². The summed E-state index contributed by atoms with van der Waals surface area (Å²) in [4.78, 5) is 35.1. The molecule has 0 atom stereocenters. The summed E-state index contributed by atoms with van der Waals surface area (Å²) in [6.07, 6.45) is 10.5. The number of hydrogen-bond acceptors (Lipinski definition) is 7. The Labute approximate surface area is 372 Å². The van der Waals surface area contributed by atoms with Crippen molar-refractivity contribution in [3.63, 3.8) is 0 Å². The monoisotopic (exact) mass is 825 g/mol. The second-order valence-corrected chi connectivity index (χ2v) is 18.2. The summed E-state index contributed by atoms with van der Waals surface area (Å²) in [5, 5.41) is 0. The molecular weight excluding hydrogens is 783 g/mol. The van der Waals surface area contributed by atoms with Gasteiger partial charge in [0.05, 0.1) is 0 Å². The highest BCUT2D eigenvalue weighted by molar-refractivity contribution is 5.87. The van der Waals surface area contributed by atoms with Crippen LogP contribution in [0.3, 0.4) is 0 Å². The Morgan fingerprint density at radius 3 is 1.22 bits per heavy atom. The lowest BCUT2D eigenvalue weighted by Crippen LogP contribution is -2.55. The van der Waals surface area contributed by atoms with Crippen molar-refractivity contribution in [3.8, 4) is 90.6 Å². The minimum Gasteiger partial charge on any atom is -0.263 e. The number of benzene rings is 6. The Balaban J connectivity index is 0.946. The van der Waals surface area contributed by atoms with Crippen molar-refractivity contribution < 1.29 is 0 Å². The Hall–Kier alpha value is -7.51. The molecule has 7 heteroatoms. The zero-order chi connectivity index (χ0) is 42.2. The van der Waals surface area contributed by atoms with E-state index in [4.69, 9.17) is 34.9 Å². The van der Waals surface area contributed by atoms with Gasteiger partial charge in [-0.25, -0.2) is 29.9 Å². The van der Waals surface area contributed by atoms with Gasteiger partial charge in [-0.3, -0.25) is 4.98 Å². The average molecular weight is 826 g/mol. The van der Waals surface area contributed by atoms with Gasteiger partial charge in [-0.2, -0.15) is 0 Å². The molecule has 1 spiro atoms. The highest BCUT2D eigenvalue weighted by Crippen LogP contribution is 2.69. The fourth-order valence-corrected chi connectivity index (χ4v) is 12.1. The van der Waals surface area contributed by atoms with Gasteiger partial charge >= 0.3 is 0 Å². The van der Waals surface area contributed by atoms with Crippen LogP contribution >= 0.6 is 0 Å². The second-order valence-electron chi connectivity index (χ2n) is 18.2. The van der Waals surface area contributed by atoms with Crippen molar-refractivity contribution in [2.24, 2.45) is 23.7 Å². The second kappa shape index (κ2) is 14.8. The predicted octanol–water partition coefficient (Wildman–Crippen LogP) is 12.8. The molecule has 3 aromatic heterocycles. The third-order valence-corrected chi connectivity index (χ3v) is 14.6. The van der Waals surface area contributed by atoms with Gasteiger partial charge in [0, 0.05) is 56.8 Å². The van der Waals surface area contributed by atoms with E-state index in [2.05, 4.69) is 66.7 Å². The fourth-order valence-electron chi connectivity index (χ4n) is 12.1. The number of aromatic nitrogens is 7. The van der Waals surface area contributed by atoms with E-state index in [9.17, 15) is 0 Å². The first-order chi connectivity index (χ1) is 31.6. The van der Waals surface area contributed by atoms with Gasteiger partial charge in [0.2, 0.25) is 0 Å². The van der Waals surface area contributed by atoms with Crippen molar-refractivity contribution in [3.05, 3.63) is 187 Å². The lowest BCUT2D eigenvalue weighted by Gasteiger charge is -2.61. The van der Waals surface area contributed by atoms with E-state index in [1.54, 1.807) is 0 Å². The minimum absolute atomic E-state index is 0.0372. The van der Waals surface area contributed by atoms with Crippen LogP contribution in [0, 0.1) is 23.7 Å². The fraction of sp³-hybridized carbons (Fsp3) is 0.175. The van der Waals surface area contributed by atoms with Gasteiger partial charge in [0.1, 0.15) is 0 Å². The van der Waals surface area contributed by atoms with Crippen molar-refractivity contribution in [1.29, 1.82) is 0 Å². The number of fused-ring (bicyclic) bond motifs is 3. The molecule has 4 bridgehead atoms. The first kappa shape index (κ1) is 37.1. The first-order valence-corrected chi connectivity index (χ1v) is 22.6. The molecule has 4 saturated carbocycles. The van der Waals surface area contributed by atoms with E-state index < -0.39 is 0 Å². The molecule has 0 radical (unpaired) electrons. The zero-order valence-electron chi connectivity index (χ0n) is 35.2. The molecule has 7 nitrogen and oxygen atoms in total. The third kappa shape index (κ3) is 6.05. The van der Waals surface area contributed by atoms with Gasteiger partial charge in [-0.15, -0.1) is 0 Å². The smallest absolute Gasteiger partial charge is 0.165 e. The van der Waals surface area contributed by atoms with Crippen molar-refractivity contribution in [1.82, 2.24) is 34.9 Å². The Morgan fingerprint density at radius 1 is 0.312 bits per heavy atom. The van der Waals surface area contributed by atoms with Crippen molar-refractivity contribution in [2.45, 2.75) is 37.5 Å². The molecule has 0 amide bonds. The normalized spacial score (nSPS) is 21.2. The summed E-state index contributed by atoms with van der Waals surface area (Å²) < 4.78 is 0. The van der Waals surface area contributed by atoms with Crippen LogP contribution in [0.25, 0.3) is 90.6 Å². The quantitative estimate of drug-likeness (QED) is 0.158. The number of nitrogens with zero attached hydrogens (tertiary/aromatic N) is 7. The minimum atomic E-state index is -0.0372. The van der Waals surface area contributed by atoms with E-state index in [0.717, 1.165) is 56.3 Å². The van der Waals surface area contributed by atoms with Crippen LogP contribution in [-0.2, 0) is 5.41 Å². The van der Waals surface area contributed by atoms with E-state index in [0.29, 0.717) is 46.8 Å². The van der Waals surface area contributed by atoms with Gasteiger partial charge < -0.3 is 0 Å². The molecule has 5 aliphatic rings. The van der Waals surface area contributed by atoms with Crippen LogP contribution < -0.4 is 0 Å². The molecule has 0 unspecified atom stereocenters. The average Bonchev–Trinajstić information content (AvgIpc) is 3.65. The maximum atomic E-state index is 5.15. The van der Waals surface area contributed by atoms with Crippen LogP contribution in [0.4, 0.5) is 0 Å². The molecule has 3 heterocycles. The molecular formula is C57H43N7. The molecule has 0 aliphatic heterocycles. The molecule has 6 aromatic carbocycles. The van der Waals surface area contributed by atoms with Gasteiger partial charge in [0.15, 0.2) is 34.9 Å². The number of hydrogen-bond donors (Lipinski definition) is 0. The van der Waals surface area contributed by atoms with E-state index in [1.165, 1.54) is 54.4 Å². The molecule has 0 saturated heterocycles. The topological polar surface area (TPSA) is 90.2 Å². The molecule has 64 heavy (non-hydrogen) atoms. The summed E-state index contributed by atoms with van der Waals surface area (Å²) in [7, 11) is 0. The zero-order valence-corrected chi connectivity index (χ0v) is 35.2. The summed E-state index contributed by atoms with van der Waals surface area (Å²) in [5.41, 5.74) is 13.5. The summed E-state index contributed by atoms with van der Waals surface area (Å²) in [5.74, 6) is 6.81. The van der Waals surface area contributed by atoms with Crippen LogP contribution in [0.15, 0.2) is 176 Å². The van der Waals surface area contributed by atoms with E-state index in [1.807, 2.05) is 109 Å². The maximum Gasteiger partial charge on any atom is 0.165 e. The van der Waals surface area contributed by atoms with Gasteiger partial charge in [-0.05, 0) is 102 Å². The number of rotatable bonds is 7. The third-order valence-electron chi connectivity index (χ3n) is 14.6. The lowest BCUT2D eigenvalue weighted by molar-refractivity contribution is -0.0399. The van der Waals surface area contributed by atoms with Crippen molar-refractivity contribution >= 4 is 0 Å². The van der Waals surface area contributed by atoms with Crippen LogP contribution in [0.1, 0.15) is 43.2 Å². The first-order valence-electron chi connectivity index (χ1n) is 22.6. The highest BCUT2D eigenvalue weighted by Gasteiger charge is 2.61.